The van der Waals surface area contributed by atoms with Crippen LogP contribution in [-0.4, -0.2) is 39.1 Å². The second-order valence-electron chi connectivity index (χ2n) is 6.07. The van der Waals surface area contributed by atoms with Crippen LogP contribution in [0, 0.1) is 0 Å². The van der Waals surface area contributed by atoms with Crippen molar-refractivity contribution < 1.29 is 19.1 Å². The average Bonchev–Trinajstić information content (AvgIpc) is 3.10. The number of ether oxygens (including phenoxy) is 2. The third-order valence-electron chi connectivity index (χ3n) is 4.44. The molecule has 0 spiro atoms. The normalized spacial score (nSPS) is 12.5. The molecule has 136 valence electrons. The molecular weight excluding hydrogens is 332 g/mol. The van der Waals surface area contributed by atoms with Gasteiger partial charge in [0.1, 0.15) is 0 Å². The molecule has 0 aromatic heterocycles. The van der Waals surface area contributed by atoms with E-state index < -0.39 is 0 Å². The topological polar surface area (TPSA) is 67.9 Å². The third-order valence-corrected chi connectivity index (χ3v) is 4.44. The Kier molecular flexibility index (Phi) is 5.41. The molecule has 0 saturated heterocycles. The van der Waals surface area contributed by atoms with Crippen molar-refractivity contribution >= 4 is 17.5 Å². The van der Waals surface area contributed by atoms with Gasteiger partial charge >= 0.3 is 0 Å². The number of carbonyl (C=O) groups excluding carboxylic acids is 2. The van der Waals surface area contributed by atoms with Crippen LogP contribution in [0.25, 0.3) is 0 Å². The van der Waals surface area contributed by atoms with E-state index in [1.54, 1.807) is 37.3 Å². The van der Waals surface area contributed by atoms with Gasteiger partial charge in [-0.2, -0.15) is 0 Å². The minimum Gasteiger partial charge on any atom is -0.493 e. The van der Waals surface area contributed by atoms with Crippen molar-refractivity contribution in [3.63, 3.8) is 0 Å². The van der Waals surface area contributed by atoms with E-state index in [1.807, 2.05) is 24.3 Å². The number of nitrogens with one attached hydrogen (secondary N) is 1. The lowest BCUT2D eigenvalue weighted by atomic mass is 10.1. The molecule has 0 atom stereocenters. The quantitative estimate of drug-likeness (QED) is 0.861. The summed E-state index contributed by atoms with van der Waals surface area (Å²) >= 11 is 0. The Bertz CT molecular complexity index is 819. The largest absolute Gasteiger partial charge is 0.493 e. The molecule has 2 amide bonds. The summed E-state index contributed by atoms with van der Waals surface area (Å²) in [5.41, 5.74) is 2.89. The van der Waals surface area contributed by atoms with Crippen LogP contribution in [0.1, 0.15) is 11.1 Å². The van der Waals surface area contributed by atoms with Crippen molar-refractivity contribution in [2.24, 2.45) is 0 Å². The fraction of sp³-hybridized carbons (Fsp3) is 0.300. The summed E-state index contributed by atoms with van der Waals surface area (Å²) in [5.74, 6) is 0.871. The number of fused-ring (bicyclic) bond motifs is 1. The molecule has 1 aliphatic heterocycles. The molecular formula is C20H22N2O4. The highest BCUT2D eigenvalue weighted by atomic mass is 16.5. The summed E-state index contributed by atoms with van der Waals surface area (Å²) in [6.45, 7) is 0.643. The van der Waals surface area contributed by atoms with Crippen LogP contribution in [0.5, 0.6) is 11.5 Å². The summed E-state index contributed by atoms with van der Waals surface area (Å²) in [6, 6.07) is 13.2. The number of benzene rings is 2. The number of nitrogens with zero attached hydrogens (tertiary/aromatic N) is 1. The van der Waals surface area contributed by atoms with Crippen molar-refractivity contribution in [3.05, 3.63) is 53.6 Å². The zero-order chi connectivity index (χ0) is 18.5. The summed E-state index contributed by atoms with van der Waals surface area (Å²) in [6.07, 6.45) is 1.02. The Hall–Kier alpha value is -3.02. The fourth-order valence-electron chi connectivity index (χ4n) is 3.11. The number of methoxy groups -OCH3 is 2. The Morgan fingerprint density at radius 2 is 1.85 bits per heavy atom. The number of hydrogen-bond donors (Lipinski definition) is 1. The predicted octanol–water partition coefficient (Wildman–Crippen LogP) is 1.95. The van der Waals surface area contributed by atoms with Gasteiger partial charge in [0.2, 0.25) is 11.8 Å². The smallest absolute Gasteiger partial charge is 0.246 e. The van der Waals surface area contributed by atoms with Crippen LogP contribution >= 0.6 is 0 Å². The molecule has 2 aromatic carbocycles. The third kappa shape index (κ3) is 3.79. The Labute approximate surface area is 152 Å². The maximum absolute atomic E-state index is 12.4. The standard InChI is InChI=1S/C20H22N2O4/c1-25-17-8-7-14(11-18(17)26-2)12-19(23)21-13-20(24)22-10-9-15-5-3-4-6-16(15)22/h3-8,11H,9-10,12-13H2,1-2H3,(H,21,23). The van der Waals surface area contributed by atoms with E-state index in [4.69, 9.17) is 9.47 Å². The summed E-state index contributed by atoms with van der Waals surface area (Å²) in [7, 11) is 3.11. The summed E-state index contributed by atoms with van der Waals surface area (Å²) in [4.78, 5) is 26.3. The van der Waals surface area contributed by atoms with Gasteiger partial charge in [-0.05, 0) is 35.7 Å². The number of carbonyl (C=O) groups is 2. The maximum atomic E-state index is 12.4. The van der Waals surface area contributed by atoms with Gasteiger partial charge in [-0.25, -0.2) is 0 Å². The van der Waals surface area contributed by atoms with E-state index in [-0.39, 0.29) is 24.8 Å². The molecule has 6 nitrogen and oxygen atoms in total. The number of rotatable bonds is 6. The van der Waals surface area contributed by atoms with E-state index in [1.165, 1.54) is 0 Å². The highest BCUT2D eigenvalue weighted by molar-refractivity contribution is 5.98. The monoisotopic (exact) mass is 354 g/mol. The first-order chi connectivity index (χ1) is 12.6. The molecule has 0 fully saturated rings. The first-order valence-electron chi connectivity index (χ1n) is 8.48. The lowest BCUT2D eigenvalue weighted by molar-refractivity contribution is -0.124. The Morgan fingerprint density at radius 3 is 2.62 bits per heavy atom. The molecule has 1 heterocycles. The van der Waals surface area contributed by atoms with E-state index in [0.29, 0.717) is 18.0 Å². The molecule has 6 heteroatoms. The van der Waals surface area contributed by atoms with Crippen LogP contribution < -0.4 is 19.7 Å². The van der Waals surface area contributed by atoms with Crippen molar-refractivity contribution in [2.45, 2.75) is 12.8 Å². The summed E-state index contributed by atoms with van der Waals surface area (Å²) in [5, 5.41) is 2.70. The van der Waals surface area contributed by atoms with E-state index in [0.717, 1.165) is 23.2 Å². The lowest BCUT2D eigenvalue weighted by Crippen LogP contribution is -2.39. The number of amides is 2. The molecule has 0 unspecified atom stereocenters. The lowest BCUT2D eigenvalue weighted by Gasteiger charge is -2.17. The second kappa shape index (κ2) is 7.91. The molecule has 0 aliphatic carbocycles. The minimum atomic E-state index is -0.210. The predicted molar refractivity (Wildman–Crippen MR) is 98.8 cm³/mol. The van der Waals surface area contributed by atoms with Crippen LogP contribution in [0.2, 0.25) is 0 Å². The molecule has 0 radical (unpaired) electrons. The van der Waals surface area contributed by atoms with Crippen molar-refractivity contribution in [1.82, 2.24) is 5.32 Å². The highest BCUT2D eigenvalue weighted by Gasteiger charge is 2.24. The molecule has 2 aromatic rings. The number of para-hydroxylation sites is 1. The average molecular weight is 354 g/mol. The second-order valence-corrected chi connectivity index (χ2v) is 6.07. The zero-order valence-electron chi connectivity index (χ0n) is 15.0. The number of hydrogen-bond acceptors (Lipinski definition) is 4. The number of anilines is 1. The molecule has 0 saturated carbocycles. The van der Waals surface area contributed by atoms with E-state index >= 15 is 0 Å². The highest BCUT2D eigenvalue weighted by Crippen LogP contribution is 2.28. The van der Waals surface area contributed by atoms with Gasteiger partial charge in [-0.1, -0.05) is 24.3 Å². The van der Waals surface area contributed by atoms with E-state index in [9.17, 15) is 9.59 Å². The summed E-state index contributed by atoms with van der Waals surface area (Å²) < 4.78 is 10.4. The van der Waals surface area contributed by atoms with Gasteiger partial charge in [-0.3, -0.25) is 9.59 Å². The Morgan fingerprint density at radius 1 is 1.08 bits per heavy atom. The maximum Gasteiger partial charge on any atom is 0.246 e. The van der Waals surface area contributed by atoms with Crippen LogP contribution in [0.4, 0.5) is 5.69 Å². The van der Waals surface area contributed by atoms with Crippen molar-refractivity contribution in [3.8, 4) is 11.5 Å². The zero-order valence-corrected chi connectivity index (χ0v) is 15.0. The molecule has 26 heavy (non-hydrogen) atoms. The fourth-order valence-corrected chi connectivity index (χ4v) is 3.11. The van der Waals surface area contributed by atoms with Gasteiger partial charge in [-0.15, -0.1) is 0 Å². The minimum absolute atomic E-state index is 0.0134. The van der Waals surface area contributed by atoms with Crippen LogP contribution in [-0.2, 0) is 22.4 Å². The van der Waals surface area contributed by atoms with Gasteiger partial charge in [0.15, 0.2) is 11.5 Å². The van der Waals surface area contributed by atoms with E-state index in [2.05, 4.69) is 5.32 Å². The van der Waals surface area contributed by atoms with Crippen LogP contribution in [0.15, 0.2) is 42.5 Å². The first-order valence-corrected chi connectivity index (χ1v) is 8.48. The van der Waals surface area contributed by atoms with Crippen molar-refractivity contribution in [2.75, 3.05) is 32.2 Å². The Balaban J connectivity index is 1.55. The van der Waals surface area contributed by atoms with Gasteiger partial charge in [0.25, 0.3) is 0 Å². The molecule has 1 aliphatic rings. The molecule has 1 N–H and O–H groups in total. The SMILES string of the molecule is COc1ccc(CC(=O)NCC(=O)N2CCc3ccccc32)cc1OC. The first kappa shape index (κ1) is 17.8. The molecule has 0 bridgehead atoms. The molecule has 3 rings (SSSR count). The van der Waals surface area contributed by atoms with Crippen LogP contribution in [0.3, 0.4) is 0 Å². The van der Waals surface area contributed by atoms with Crippen molar-refractivity contribution in [1.29, 1.82) is 0 Å². The van der Waals surface area contributed by atoms with Gasteiger partial charge < -0.3 is 19.7 Å². The van der Waals surface area contributed by atoms with Gasteiger partial charge in [0.05, 0.1) is 27.2 Å². The van der Waals surface area contributed by atoms with Gasteiger partial charge in [0, 0.05) is 12.2 Å².